The van der Waals surface area contributed by atoms with Gasteiger partial charge in [0.1, 0.15) is 5.75 Å². The summed E-state index contributed by atoms with van der Waals surface area (Å²) in [5.41, 5.74) is 1.66. The molecule has 0 atom stereocenters. The maximum atomic E-state index is 13.4. The summed E-state index contributed by atoms with van der Waals surface area (Å²) in [5, 5.41) is 2.86. The first-order valence-corrected chi connectivity index (χ1v) is 12.0. The number of benzene rings is 3. The Bertz CT molecular complexity index is 1230. The topological polar surface area (TPSA) is 79.0 Å². The van der Waals surface area contributed by atoms with Gasteiger partial charge in [-0.15, -0.1) is 0 Å². The number of carbonyl (C=O) groups excluding carboxylic acids is 3. The molecule has 0 unspecified atom stereocenters. The highest BCUT2D eigenvalue weighted by molar-refractivity contribution is 6.09. The van der Waals surface area contributed by atoms with Crippen molar-refractivity contribution in [2.75, 3.05) is 38.6 Å². The minimum atomic E-state index is -0.647. The molecule has 4 rings (SSSR count). The second-order valence-electron chi connectivity index (χ2n) is 9.30. The molecule has 3 aromatic carbocycles. The van der Waals surface area contributed by atoms with Crippen LogP contribution in [0, 0.1) is 0 Å². The Hall–Kier alpha value is -4.13. The molecule has 0 aromatic heterocycles. The first-order valence-electron chi connectivity index (χ1n) is 12.0. The molecule has 7 nitrogen and oxygen atoms in total. The fourth-order valence-corrected chi connectivity index (χ4v) is 4.37. The van der Waals surface area contributed by atoms with Crippen LogP contribution in [-0.4, -0.2) is 60.8 Å². The fraction of sp³-hybridized carbons (Fsp3) is 0.276. The van der Waals surface area contributed by atoms with Gasteiger partial charge in [0.05, 0.1) is 23.8 Å². The summed E-state index contributed by atoms with van der Waals surface area (Å²) in [7, 11) is 1.57. The molecule has 0 radical (unpaired) electrons. The van der Waals surface area contributed by atoms with Crippen molar-refractivity contribution in [1.29, 1.82) is 0 Å². The van der Waals surface area contributed by atoms with Crippen LogP contribution in [0.2, 0.25) is 0 Å². The number of para-hydroxylation sites is 1. The number of nitrogens with zero attached hydrogens (tertiary/aromatic N) is 2. The van der Waals surface area contributed by atoms with Crippen LogP contribution >= 0.6 is 0 Å². The van der Waals surface area contributed by atoms with E-state index in [2.05, 4.69) is 5.32 Å². The number of methoxy groups -OCH3 is 1. The van der Waals surface area contributed by atoms with Gasteiger partial charge in [0.15, 0.2) is 0 Å². The number of hydrogen-bond acceptors (Lipinski definition) is 4. The van der Waals surface area contributed by atoms with Crippen LogP contribution in [0.3, 0.4) is 0 Å². The van der Waals surface area contributed by atoms with Gasteiger partial charge in [-0.2, -0.15) is 0 Å². The van der Waals surface area contributed by atoms with E-state index in [0.717, 1.165) is 5.56 Å². The summed E-state index contributed by atoms with van der Waals surface area (Å²) in [4.78, 5) is 43.0. The molecule has 1 heterocycles. The number of anilines is 1. The minimum absolute atomic E-state index is 0.0490. The quantitative estimate of drug-likeness (QED) is 0.567. The molecule has 0 spiro atoms. The van der Waals surface area contributed by atoms with E-state index in [1.807, 2.05) is 49.1 Å². The minimum Gasteiger partial charge on any atom is -0.497 e. The van der Waals surface area contributed by atoms with Crippen molar-refractivity contribution in [1.82, 2.24) is 9.80 Å². The molecule has 0 bridgehead atoms. The highest BCUT2D eigenvalue weighted by atomic mass is 16.5. The Labute approximate surface area is 211 Å². The molecule has 1 saturated heterocycles. The monoisotopic (exact) mass is 485 g/mol. The van der Waals surface area contributed by atoms with Gasteiger partial charge in [0.25, 0.3) is 11.8 Å². The molecule has 3 amide bonds. The highest BCUT2D eigenvalue weighted by Crippen LogP contribution is 2.27. The Morgan fingerprint density at radius 1 is 0.778 bits per heavy atom. The van der Waals surface area contributed by atoms with Gasteiger partial charge in [-0.25, -0.2) is 0 Å². The lowest BCUT2D eigenvalue weighted by molar-refractivity contribution is -0.137. The molecule has 0 aliphatic carbocycles. The van der Waals surface area contributed by atoms with E-state index in [4.69, 9.17) is 4.74 Å². The van der Waals surface area contributed by atoms with Crippen LogP contribution in [0.4, 0.5) is 5.69 Å². The average Bonchev–Trinajstić information content (AvgIpc) is 2.93. The van der Waals surface area contributed by atoms with E-state index < -0.39 is 5.41 Å². The number of rotatable bonds is 6. The molecule has 186 valence electrons. The molecule has 7 heteroatoms. The summed E-state index contributed by atoms with van der Waals surface area (Å²) in [6.45, 7) is 5.64. The Morgan fingerprint density at radius 2 is 1.36 bits per heavy atom. The normalized spacial score (nSPS) is 13.8. The van der Waals surface area contributed by atoms with Crippen molar-refractivity contribution in [3.05, 3.63) is 95.6 Å². The molecular formula is C29H31N3O4. The number of carbonyl (C=O) groups is 3. The van der Waals surface area contributed by atoms with Crippen molar-refractivity contribution in [3.63, 3.8) is 0 Å². The maximum Gasteiger partial charge on any atom is 0.256 e. The van der Waals surface area contributed by atoms with Crippen LogP contribution in [-0.2, 0) is 10.2 Å². The Balaban J connectivity index is 1.41. The van der Waals surface area contributed by atoms with E-state index in [1.165, 1.54) is 0 Å². The molecule has 36 heavy (non-hydrogen) atoms. The summed E-state index contributed by atoms with van der Waals surface area (Å²) < 4.78 is 5.14. The van der Waals surface area contributed by atoms with Crippen LogP contribution in [0.5, 0.6) is 5.75 Å². The van der Waals surface area contributed by atoms with Crippen LogP contribution in [0.15, 0.2) is 78.9 Å². The standard InChI is InChI=1S/C29H31N3O4/c1-29(2,22-9-5-4-6-10-22)28(35)32-19-17-31(18-20-32)27(34)24-11-7-8-12-25(24)30-26(33)21-13-15-23(36-3)16-14-21/h4-16H,17-20H2,1-3H3,(H,30,33). The molecule has 1 fully saturated rings. The number of hydrogen-bond donors (Lipinski definition) is 1. The molecule has 3 aromatic rings. The van der Waals surface area contributed by atoms with Gasteiger partial charge in [0, 0.05) is 31.7 Å². The van der Waals surface area contributed by atoms with Crippen molar-refractivity contribution in [2.24, 2.45) is 0 Å². The molecule has 1 N–H and O–H groups in total. The second-order valence-corrected chi connectivity index (χ2v) is 9.30. The lowest BCUT2D eigenvalue weighted by Crippen LogP contribution is -2.54. The predicted molar refractivity (Wildman–Crippen MR) is 139 cm³/mol. The molecule has 1 aliphatic rings. The van der Waals surface area contributed by atoms with Gasteiger partial charge in [-0.05, 0) is 55.8 Å². The summed E-state index contributed by atoms with van der Waals surface area (Å²) in [6.07, 6.45) is 0. The number of ether oxygens (including phenoxy) is 1. The van der Waals surface area contributed by atoms with E-state index in [0.29, 0.717) is 48.7 Å². The van der Waals surface area contributed by atoms with Crippen molar-refractivity contribution in [2.45, 2.75) is 19.3 Å². The van der Waals surface area contributed by atoms with E-state index in [1.54, 1.807) is 60.5 Å². The largest absolute Gasteiger partial charge is 0.497 e. The third-order valence-corrected chi connectivity index (χ3v) is 6.64. The number of nitrogens with one attached hydrogen (secondary N) is 1. The summed E-state index contributed by atoms with van der Waals surface area (Å²) >= 11 is 0. The van der Waals surface area contributed by atoms with Crippen LogP contribution in [0.1, 0.15) is 40.1 Å². The highest BCUT2D eigenvalue weighted by Gasteiger charge is 2.36. The Morgan fingerprint density at radius 3 is 2.00 bits per heavy atom. The first-order chi connectivity index (χ1) is 17.3. The number of amides is 3. The molecule has 0 saturated carbocycles. The van der Waals surface area contributed by atoms with Crippen molar-refractivity contribution in [3.8, 4) is 5.75 Å². The third-order valence-electron chi connectivity index (χ3n) is 6.64. The zero-order valence-corrected chi connectivity index (χ0v) is 20.9. The predicted octanol–water partition coefficient (Wildman–Crippen LogP) is 4.21. The van der Waals surface area contributed by atoms with Crippen molar-refractivity contribution >= 4 is 23.4 Å². The third kappa shape index (κ3) is 5.25. The summed E-state index contributed by atoms with van der Waals surface area (Å²) in [5.74, 6) is 0.228. The average molecular weight is 486 g/mol. The second kappa shape index (κ2) is 10.6. The lowest BCUT2D eigenvalue weighted by atomic mass is 9.83. The van der Waals surface area contributed by atoms with Crippen LogP contribution in [0.25, 0.3) is 0 Å². The van der Waals surface area contributed by atoms with Gasteiger partial charge in [-0.1, -0.05) is 42.5 Å². The Kier molecular flexibility index (Phi) is 7.38. The van der Waals surface area contributed by atoms with Gasteiger partial charge in [0.2, 0.25) is 5.91 Å². The lowest BCUT2D eigenvalue weighted by Gasteiger charge is -2.39. The molecular weight excluding hydrogens is 454 g/mol. The fourth-order valence-electron chi connectivity index (χ4n) is 4.37. The van der Waals surface area contributed by atoms with Gasteiger partial charge >= 0.3 is 0 Å². The first kappa shape index (κ1) is 25.0. The van der Waals surface area contributed by atoms with E-state index in [9.17, 15) is 14.4 Å². The maximum absolute atomic E-state index is 13.4. The van der Waals surface area contributed by atoms with Crippen molar-refractivity contribution < 1.29 is 19.1 Å². The van der Waals surface area contributed by atoms with Gasteiger partial charge in [-0.3, -0.25) is 14.4 Å². The van der Waals surface area contributed by atoms with Crippen LogP contribution < -0.4 is 10.1 Å². The van der Waals surface area contributed by atoms with Gasteiger partial charge < -0.3 is 19.9 Å². The smallest absolute Gasteiger partial charge is 0.256 e. The van der Waals surface area contributed by atoms with E-state index >= 15 is 0 Å². The molecule has 1 aliphatic heterocycles. The zero-order valence-electron chi connectivity index (χ0n) is 20.9. The summed E-state index contributed by atoms with van der Waals surface area (Å²) in [6, 6.07) is 23.5. The zero-order chi connectivity index (χ0) is 25.7. The number of piperazine rings is 1. The van der Waals surface area contributed by atoms with E-state index in [-0.39, 0.29) is 17.7 Å². The SMILES string of the molecule is COc1ccc(C(=O)Nc2ccccc2C(=O)N2CCN(C(=O)C(C)(C)c3ccccc3)CC2)cc1.